The lowest BCUT2D eigenvalue weighted by Gasteiger charge is -1.95. The molecule has 0 aliphatic rings. The minimum atomic E-state index is -0.309. The molecule has 1 N–H and O–H groups in total. The van der Waals surface area contributed by atoms with Gasteiger partial charge in [0.1, 0.15) is 4.88 Å². The van der Waals surface area contributed by atoms with Crippen molar-refractivity contribution in [2.75, 3.05) is 19.0 Å². The molecule has 0 saturated carbocycles. The number of carbonyl (C=O) groups excluding carboxylic acids is 1. The second kappa shape index (κ2) is 4.06. The van der Waals surface area contributed by atoms with Crippen LogP contribution in [0.1, 0.15) is 16.6 Å². The largest absolute Gasteiger partial charge is 0.462 e. The lowest BCUT2D eigenvalue weighted by molar-refractivity contribution is 0.0532. The number of nitrogens with zero attached hydrogens (tertiary/aromatic N) is 1. The summed E-state index contributed by atoms with van der Waals surface area (Å²) in [4.78, 5) is 15.6. The van der Waals surface area contributed by atoms with Gasteiger partial charge in [-0.1, -0.05) is 11.3 Å². The predicted molar refractivity (Wildman–Crippen MR) is 47.6 cm³/mol. The van der Waals surface area contributed by atoms with Crippen molar-refractivity contribution < 1.29 is 9.53 Å². The monoisotopic (exact) mass is 186 g/mol. The van der Waals surface area contributed by atoms with E-state index in [9.17, 15) is 4.79 Å². The van der Waals surface area contributed by atoms with Gasteiger partial charge in [-0.05, 0) is 6.92 Å². The van der Waals surface area contributed by atoms with Crippen LogP contribution in [0.15, 0.2) is 6.20 Å². The van der Waals surface area contributed by atoms with Crippen LogP contribution in [-0.4, -0.2) is 24.6 Å². The highest BCUT2D eigenvalue weighted by Gasteiger charge is 2.09. The number of aromatic nitrogens is 1. The van der Waals surface area contributed by atoms with Gasteiger partial charge in [-0.2, -0.15) is 0 Å². The summed E-state index contributed by atoms with van der Waals surface area (Å²) in [7, 11) is 1.76. The Morgan fingerprint density at radius 2 is 2.58 bits per heavy atom. The van der Waals surface area contributed by atoms with E-state index in [2.05, 4.69) is 10.3 Å². The van der Waals surface area contributed by atoms with Gasteiger partial charge in [0.05, 0.1) is 12.8 Å². The van der Waals surface area contributed by atoms with E-state index in [-0.39, 0.29) is 5.97 Å². The second-order valence-electron chi connectivity index (χ2n) is 2.00. The van der Waals surface area contributed by atoms with Gasteiger partial charge in [0, 0.05) is 7.05 Å². The van der Waals surface area contributed by atoms with Gasteiger partial charge in [0.2, 0.25) is 0 Å². The van der Waals surface area contributed by atoms with Crippen LogP contribution in [0.2, 0.25) is 0 Å². The topological polar surface area (TPSA) is 51.2 Å². The van der Waals surface area contributed by atoms with E-state index < -0.39 is 0 Å². The van der Waals surface area contributed by atoms with Crippen molar-refractivity contribution >= 4 is 22.4 Å². The number of thiazole rings is 1. The maximum Gasteiger partial charge on any atom is 0.350 e. The van der Waals surface area contributed by atoms with Gasteiger partial charge < -0.3 is 10.1 Å². The highest BCUT2D eigenvalue weighted by Crippen LogP contribution is 2.17. The van der Waals surface area contributed by atoms with Crippen LogP contribution in [0.4, 0.5) is 5.13 Å². The van der Waals surface area contributed by atoms with E-state index >= 15 is 0 Å². The lowest BCUT2D eigenvalue weighted by atomic mass is 10.6. The van der Waals surface area contributed by atoms with E-state index in [0.717, 1.165) is 5.13 Å². The fourth-order valence-corrected chi connectivity index (χ4v) is 1.35. The molecule has 0 radical (unpaired) electrons. The number of hydrogen-bond donors (Lipinski definition) is 1. The van der Waals surface area contributed by atoms with Crippen LogP contribution in [0.25, 0.3) is 0 Å². The SMILES string of the molecule is CCOC(=O)c1cnc(NC)s1. The fraction of sp³-hybridized carbons (Fsp3) is 0.429. The Kier molecular flexibility index (Phi) is 3.04. The Labute approximate surface area is 74.6 Å². The molecule has 5 heteroatoms. The summed E-state index contributed by atoms with van der Waals surface area (Å²) in [5.41, 5.74) is 0. The Hall–Kier alpha value is -1.10. The molecule has 66 valence electrons. The van der Waals surface area contributed by atoms with Gasteiger partial charge >= 0.3 is 5.97 Å². The quantitative estimate of drug-likeness (QED) is 0.724. The van der Waals surface area contributed by atoms with Crippen LogP contribution in [0.3, 0.4) is 0 Å². The van der Waals surface area contributed by atoms with Crippen LogP contribution >= 0.6 is 11.3 Å². The first-order chi connectivity index (χ1) is 5.77. The molecule has 1 heterocycles. The second-order valence-corrected chi connectivity index (χ2v) is 3.03. The molecule has 1 aromatic rings. The lowest BCUT2D eigenvalue weighted by Crippen LogP contribution is -2.01. The first-order valence-electron chi connectivity index (χ1n) is 3.58. The molecular formula is C7H10N2O2S. The zero-order valence-corrected chi connectivity index (χ0v) is 7.77. The Balaban J connectivity index is 2.68. The molecule has 1 rings (SSSR count). The maximum atomic E-state index is 11.1. The molecule has 0 aliphatic carbocycles. The van der Waals surface area contributed by atoms with E-state index in [1.807, 2.05) is 0 Å². The van der Waals surface area contributed by atoms with Crippen LogP contribution in [0.5, 0.6) is 0 Å². The Morgan fingerprint density at radius 3 is 3.08 bits per heavy atom. The third-order valence-corrected chi connectivity index (χ3v) is 2.19. The summed E-state index contributed by atoms with van der Waals surface area (Å²) >= 11 is 1.28. The molecule has 0 aliphatic heterocycles. The summed E-state index contributed by atoms with van der Waals surface area (Å²) in [5.74, 6) is -0.309. The standard InChI is InChI=1S/C7H10N2O2S/c1-3-11-6(10)5-4-9-7(8-2)12-5/h4H,3H2,1-2H3,(H,8,9). The molecule has 0 unspecified atom stereocenters. The zero-order valence-electron chi connectivity index (χ0n) is 6.96. The van der Waals surface area contributed by atoms with Crippen LogP contribution in [0, 0.1) is 0 Å². The third kappa shape index (κ3) is 1.94. The minimum Gasteiger partial charge on any atom is -0.462 e. The first kappa shape index (κ1) is 8.99. The fourth-order valence-electron chi connectivity index (χ4n) is 0.686. The number of hydrogen-bond acceptors (Lipinski definition) is 5. The van der Waals surface area contributed by atoms with Crippen LogP contribution < -0.4 is 5.32 Å². The number of rotatable bonds is 3. The molecule has 12 heavy (non-hydrogen) atoms. The third-order valence-electron chi connectivity index (χ3n) is 1.20. The van der Waals surface area contributed by atoms with Gasteiger partial charge in [-0.3, -0.25) is 0 Å². The van der Waals surface area contributed by atoms with Crippen molar-refractivity contribution in [2.45, 2.75) is 6.92 Å². The molecule has 4 nitrogen and oxygen atoms in total. The molecule has 0 saturated heterocycles. The van der Waals surface area contributed by atoms with Crippen molar-refractivity contribution in [2.24, 2.45) is 0 Å². The molecular weight excluding hydrogens is 176 g/mol. The molecule has 0 spiro atoms. The van der Waals surface area contributed by atoms with E-state index in [1.54, 1.807) is 14.0 Å². The van der Waals surface area contributed by atoms with E-state index in [4.69, 9.17) is 4.74 Å². The predicted octanol–water partition coefficient (Wildman–Crippen LogP) is 1.36. The molecule has 1 aromatic heterocycles. The number of carbonyl (C=O) groups is 1. The van der Waals surface area contributed by atoms with Crippen molar-refractivity contribution in [1.29, 1.82) is 0 Å². The number of esters is 1. The summed E-state index contributed by atoms with van der Waals surface area (Å²) in [6.45, 7) is 2.17. The normalized spacial score (nSPS) is 9.50. The van der Waals surface area contributed by atoms with Crippen molar-refractivity contribution in [3.05, 3.63) is 11.1 Å². The smallest absolute Gasteiger partial charge is 0.350 e. The highest BCUT2D eigenvalue weighted by atomic mass is 32.1. The summed E-state index contributed by atoms with van der Waals surface area (Å²) in [5, 5.41) is 3.56. The maximum absolute atomic E-state index is 11.1. The summed E-state index contributed by atoms with van der Waals surface area (Å²) < 4.78 is 4.79. The summed E-state index contributed by atoms with van der Waals surface area (Å²) in [6.07, 6.45) is 1.51. The average Bonchev–Trinajstić information content (AvgIpc) is 2.52. The van der Waals surface area contributed by atoms with Gasteiger partial charge in [0.25, 0.3) is 0 Å². The molecule has 0 bridgehead atoms. The van der Waals surface area contributed by atoms with Gasteiger partial charge in [-0.25, -0.2) is 9.78 Å². The molecule has 0 aromatic carbocycles. The Morgan fingerprint density at radius 1 is 1.83 bits per heavy atom. The van der Waals surface area contributed by atoms with Gasteiger partial charge in [0.15, 0.2) is 5.13 Å². The van der Waals surface area contributed by atoms with Crippen molar-refractivity contribution in [1.82, 2.24) is 4.98 Å². The van der Waals surface area contributed by atoms with Gasteiger partial charge in [-0.15, -0.1) is 0 Å². The summed E-state index contributed by atoms with van der Waals surface area (Å²) in [6, 6.07) is 0. The number of anilines is 1. The van der Waals surface area contributed by atoms with Crippen molar-refractivity contribution in [3.63, 3.8) is 0 Å². The average molecular weight is 186 g/mol. The Bertz CT molecular complexity index is 272. The van der Waals surface area contributed by atoms with E-state index in [0.29, 0.717) is 11.5 Å². The van der Waals surface area contributed by atoms with Crippen LogP contribution in [-0.2, 0) is 4.74 Å². The minimum absolute atomic E-state index is 0.309. The number of nitrogens with one attached hydrogen (secondary N) is 1. The molecule has 0 amide bonds. The molecule has 0 atom stereocenters. The van der Waals surface area contributed by atoms with E-state index in [1.165, 1.54) is 17.5 Å². The highest BCUT2D eigenvalue weighted by molar-refractivity contribution is 7.17. The van der Waals surface area contributed by atoms with Crippen molar-refractivity contribution in [3.8, 4) is 0 Å². The first-order valence-corrected chi connectivity index (χ1v) is 4.40. The molecule has 0 fully saturated rings. The zero-order chi connectivity index (χ0) is 8.97. The number of ether oxygens (including phenoxy) is 1.